The van der Waals surface area contributed by atoms with Gasteiger partial charge in [0.2, 0.25) is 0 Å². The molecule has 1 fully saturated rings. The molecule has 0 N–H and O–H groups in total. The molecule has 0 atom stereocenters. The van der Waals surface area contributed by atoms with E-state index >= 15 is 0 Å². The second-order valence-electron chi connectivity index (χ2n) is 4.95. The molecule has 1 aromatic rings. The third-order valence-electron chi connectivity index (χ3n) is 3.31. The number of ketones is 1. The Morgan fingerprint density at radius 2 is 1.94 bits per heavy atom. The van der Waals surface area contributed by atoms with Gasteiger partial charge in [0, 0.05) is 37.1 Å². The molecule has 1 saturated heterocycles. The summed E-state index contributed by atoms with van der Waals surface area (Å²) in [5.41, 5.74) is 2.31. The lowest BCUT2D eigenvalue weighted by molar-refractivity contribution is -0.116. The van der Waals surface area contributed by atoms with Crippen molar-refractivity contribution in [1.29, 1.82) is 0 Å². The Morgan fingerprint density at radius 3 is 2.50 bits per heavy atom. The van der Waals surface area contributed by atoms with Crippen LogP contribution in [0.1, 0.15) is 12.5 Å². The van der Waals surface area contributed by atoms with E-state index in [0.717, 1.165) is 36.2 Å². The number of halogens is 1. The number of nitrogens with zero attached hydrogens (tertiary/aromatic N) is 2. The molecule has 1 aliphatic rings. The quantitative estimate of drug-likeness (QED) is 0.856. The van der Waals surface area contributed by atoms with Crippen molar-refractivity contribution in [3.05, 3.63) is 28.2 Å². The van der Waals surface area contributed by atoms with Gasteiger partial charge in [0.1, 0.15) is 5.78 Å². The van der Waals surface area contributed by atoms with Gasteiger partial charge >= 0.3 is 0 Å². The standard InChI is InChI=1S/C14H19BrN2O/c1-11(18)9-12-3-4-14(13(15)10-12)17-7-5-16(2)6-8-17/h3-4,10H,5-9H2,1-2H3. The number of hydrogen-bond donors (Lipinski definition) is 0. The largest absolute Gasteiger partial charge is 0.368 e. The zero-order chi connectivity index (χ0) is 13.1. The van der Waals surface area contributed by atoms with Crippen LogP contribution in [0.5, 0.6) is 0 Å². The maximum absolute atomic E-state index is 11.1. The van der Waals surface area contributed by atoms with E-state index in [1.807, 2.05) is 0 Å². The van der Waals surface area contributed by atoms with E-state index in [1.54, 1.807) is 6.92 Å². The first-order valence-electron chi connectivity index (χ1n) is 6.27. The average Bonchev–Trinajstić information content (AvgIpc) is 2.30. The molecule has 1 heterocycles. The van der Waals surface area contributed by atoms with Crippen LogP contribution in [-0.2, 0) is 11.2 Å². The second kappa shape index (κ2) is 5.85. The number of hydrogen-bond acceptors (Lipinski definition) is 3. The lowest BCUT2D eigenvalue weighted by Gasteiger charge is -2.34. The summed E-state index contributed by atoms with van der Waals surface area (Å²) in [6.07, 6.45) is 0.515. The van der Waals surface area contributed by atoms with Crippen molar-refractivity contribution in [3.8, 4) is 0 Å². The van der Waals surface area contributed by atoms with Gasteiger partial charge in [0.15, 0.2) is 0 Å². The average molecular weight is 311 g/mol. The highest BCUT2D eigenvalue weighted by Gasteiger charge is 2.16. The summed E-state index contributed by atoms with van der Waals surface area (Å²) in [5, 5.41) is 0. The van der Waals surface area contributed by atoms with Gasteiger partial charge in [-0.25, -0.2) is 0 Å². The summed E-state index contributed by atoms with van der Waals surface area (Å²) in [6.45, 7) is 5.94. The number of Topliss-reactive ketones (excluding diaryl/α,β-unsaturated/α-hetero) is 1. The van der Waals surface area contributed by atoms with Crippen LogP contribution in [0.4, 0.5) is 5.69 Å². The van der Waals surface area contributed by atoms with E-state index in [-0.39, 0.29) is 5.78 Å². The van der Waals surface area contributed by atoms with E-state index in [2.05, 4.69) is 51.0 Å². The molecule has 0 spiro atoms. The van der Waals surface area contributed by atoms with Crippen molar-refractivity contribution in [2.75, 3.05) is 38.1 Å². The fraction of sp³-hybridized carbons (Fsp3) is 0.500. The van der Waals surface area contributed by atoms with Crippen LogP contribution >= 0.6 is 15.9 Å². The number of rotatable bonds is 3. The Morgan fingerprint density at radius 1 is 1.28 bits per heavy atom. The SMILES string of the molecule is CC(=O)Cc1ccc(N2CCN(C)CC2)c(Br)c1. The van der Waals surface area contributed by atoms with Crippen molar-refractivity contribution in [3.63, 3.8) is 0 Å². The Bertz CT molecular complexity index is 439. The van der Waals surface area contributed by atoms with E-state index < -0.39 is 0 Å². The number of carbonyl (C=O) groups excluding carboxylic acids is 1. The Labute approximate surface area is 117 Å². The predicted octanol–water partition coefficient (Wildman–Crippen LogP) is 2.33. The van der Waals surface area contributed by atoms with Crippen LogP contribution < -0.4 is 4.90 Å². The lowest BCUT2D eigenvalue weighted by atomic mass is 10.1. The molecule has 98 valence electrons. The van der Waals surface area contributed by atoms with Crippen molar-refractivity contribution in [2.45, 2.75) is 13.3 Å². The Balaban J connectivity index is 2.12. The number of piperazine rings is 1. The zero-order valence-corrected chi connectivity index (χ0v) is 12.5. The van der Waals surface area contributed by atoms with Crippen molar-refractivity contribution in [2.24, 2.45) is 0 Å². The Kier molecular flexibility index (Phi) is 4.40. The van der Waals surface area contributed by atoms with Crippen LogP contribution in [0.25, 0.3) is 0 Å². The molecule has 0 aliphatic carbocycles. The van der Waals surface area contributed by atoms with Gasteiger partial charge < -0.3 is 9.80 Å². The van der Waals surface area contributed by atoms with Crippen molar-refractivity contribution < 1.29 is 4.79 Å². The highest BCUT2D eigenvalue weighted by atomic mass is 79.9. The van der Waals surface area contributed by atoms with Gasteiger partial charge in [-0.3, -0.25) is 4.79 Å². The van der Waals surface area contributed by atoms with Gasteiger partial charge in [-0.2, -0.15) is 0 Å². The van der Waals surface area contributed by atoms with Crippen LogP contribution in [0.3, 0.4) is 0 Å². The molecule has 18 heavy (non-hydrogen) atoms. The molecule has 0 amide bonds. The molecule has 1 aliphatic heterocycles. The first kappa shape index (κ1) is 13.6. The van der Waals surface area contributed by atoms with Crippen molar-refractivity contribution >= 4 is 27.4 Å². The second-order valence-corrected chi connectivity index (χ2v) is 5.81. The number of likely N-dealkylation sites (N-methyl/N-ethyl adjacent to an activating group) is 1. The highest BCUT2D eigenvalue weighted by molar-refractivity contribution is 9.10. The molecule has 2 rings (SSSR count). The monoisotopic (exact) mass is 310 g/mol. The predicted molar refractivity (Wildman–Crippen MR) is 78.2 cm³/mol. The number of anilines is 1. The maximum atomic E-state index is 11.1. The molecule has 1 aromatic carbocycles. The topological polar surface area (TPSA) is 23.6 Å². The maximum Gasteiger partial charge on any atom is 0.134 e. The van der Waals surface area contributed by atoms with Crippen molar-refractivity contribution in [1.82, 2.24) is 4.90 Å². The number of carbonyl (C=O) groups is 1. The van der Waals surface area contributed by atoms with Gasteiger partial charge in [0.25, 0.3) is 0 Å². The normalized spacial score (nSPS) is 16.9. The van der Waals surface area contributed by atoms with E-state index in [4.69, 9.17) is 0 Å². The third kappa shape index (κ3) is 3.33. The first-order chi connectivity index (χ1) is 8.56. The van der Waals surface area contributed by atoms with Gasteiger partial charge in [-0.05, 0) is 47.6 Å². The Hall–Kier alpha value is -0.870. The third-order valence-corrected chi connectivity index (χ3v) is 3.94. The van der Waals surface area contributed by atoms with Gasteiger partial charge in [0.05, 0.1) is 5.69 Å². The van der Waals surface area contributed by atoms with E-state index in [1.165, 1.54) is 5.69 Å². The minimum absolute atomic E-state index is 0.203. The summed E-state index contributed by atoms with van der Waals surface area (Å²) in [4.78, 5) is 15.8. The fourth-order valence-electron chi connectivity index (χ4n) is 2.25. The van der Waals surface area contributed by atoms with Crippen LogP contribution in [0.15, 0.2) is 22.7 Å². The molecule has 0 bridgehead atoms. The van der Waals surface area contributed by atoms with Crippen LogP contribution in [0, 0.1) is 0 Å². The van der Waals surface area contributed by atoms with Crippen LogP contribution in [0.2, 0.25) is 0 Å². The van der Waals surface area contributed by atoms with Gasteiger partial charge in [-0.15, -0.1) is 0 Å². The fourth-order valence-corrected chi connectivity index (χ4v) is 2.93. The van der Waals surface area contributed by atoms with Gasteiger partial charge in [-0.1, -0.05) is 6.07 Å². The first-order valence-corrected chi connectivity index (χ1v) is 7.07. The summed E-state index contributed by atoms with van der Waals surface area (Å²) < 4.78 is 1.09. The molecular formula is C14H19BrN2O. The molecule has 0 aromatic heterocycles. The molecule has 0 saturated carbocycles. The molecule has 3 nitrogen and oxygen atoms in total. The lowest BCUT2D eigenvalue weighted by Crippen LogP contribution is -2.44. The molecule has 4 heteroatoms. The van der Waals surface area contributed by atoms with E-state index in [9.17, 15) is 4.79 Å². The summed E-state index contributed by atoms with van der Waals surface area (Å²) in [6, 6.07) is 6.24. The molecule has 0 unspecified atom stereocenters. The summed E-state index contributed by atoms with van der Waals surface area (Å²) in [7, 11) is 2.16. The minimum atomic E-state index is 0.203. The highest BCUT2D eigenvalue weighted by Crippen LogP contribution is 2.28. The number of benzene rings is 1. The smallest absolute Gasteiger partial charge is 0.134 e. The van der Waals surface area contributed by atoms with E-state index in [0.29, 0.717) is 6.42 Å². The molecule has 0 radical (unpaired) electrons. The summed E-state index contributed by atoms with van der Waals surface area (Å²) in [5.74, 6) is 0.203. The summed E-state index contributed by atoms with van der Waals surface area (Å²) >= 11 is 3.62. The molecular weight excluding hydrogens is 292 g/mol. The zero-order valence-electron chi connectivity index (χ0n) is 10.9. The minimum Gasteiger partial charge on any atom is -0.368 e. The van der Waals surface area contributed by atoms with Crippen LogP contribution in [-0.4, -0.2) is 43.9 Å².